The summed E-state index contributed by atoms with van der Waals surface area (Å²) in [6, 6.07) is 4.25. The third kappa shape index (κ3) is 4.62. The number of fused-ring (bicyclic) bond motifs is 1. The van der Waals surface area contributed by atoms with Crippen molar-refractivity contribution in [2.75, 3.05) is 18.9 Å². The Bertz CT molecular complexity index is 844. The van der Waals surface area contributed by atoms with E-state index in [4.69, 9.17) is 9.74 Å². The van der Waals surface area contributed by atoms with Gasteiger partial charge in [-0.15, -0.1) is 0 Å². The fraction of sp³-hybridized carbons (Fsp3) is 0.375. The van der Waals surface area contributed by atoms with Gasteiger partial charge in [0.05, 0.1) is 12.6 Å². The number of carbonyl (C=O) groups is 1. The molecule has 0 saturated carbocycles. The molecule has 1 aliphatic carbocycles. The number of nitrogens with zero attached hydrogens (tertiary/aromatic N) is 3. The molecule has 11 heteroatoms. The van der Waals surface area contributed by atoms with Crippen LogP contribution in [0.1, 0.15) is 29.3 Å². The second kappa shape index (κ2) is 8.93. The normalized spacial score (nSPS) is 15.8. The first-order valence-corrected chi connectivity index (χ1v) is 9.20. The number of nitrogens with one attached hydrogen (secondary N) is 2. The average molecular weight is 395 g/mol. The zero-order valence-electron chi connectivity index (χ0n) is 14.2. The number of amides is 1. The molecule has 27 heavy (non-hydrogen) atoms. The highest BCUT2D eigenvalue weighted by Gasteiger charge is 2.28. The molecule has 1 aliphatic rings. The molecule has 0 aliphatic heterocycles. The van der Waals surface area contributed by atoms with Crippen molar-refractivity contribution in [2.45, 2.75) is 23.9 Å². The lowest BCUT2D eigenvalue weighted by atomic mass is 9.83. The Morgan fingerprint density at radius 3 is 3.07 bits per heavy atom. The summed E-state index contributed by atoms with van der Waals surface area (Å²) in [5, 5.41) is 28.7. The van der Waals surface area contributed by atoms with Crippen LogP contribution >= 0.6 is 11.8 Å². The Kier molecular flexibility index (Phi) is 6.37. The molecule has 3 rings (SSSR count). The summed E-state index contributed by atoms with van der Waals surface area (Å²) >= 11 is 1.26. The minimum absolute atomic E-state index is 0.0517. The van der Waals surface area contributed by atoms with Crippen LogP contribution in [0.2, 0.25) is 0 Å². The maximum Gasteiger partial charge on any atom is 0.222 e. The molecule has 0 radical (unpaired) electrons. The smallest absolute Gasteiger partial charge is 0.222 e. The summed E-state index contributed by atoms with van der Waals surface area (Å²) in [7, 11) is 0. The molecule has 0 unspecified atom stereocenters. The molecule has 0 spiro atoms. The van der Waals surface area contributed by atoms with Crippen molar-refractivity contribution in [1.29, 1.82) is 0 Å². The van der Waals surface area contributed by atoms with Crippen molar-refractivity contribution in [2.24, 2.45) is 4.99 Å². The van der Waals surface area contributed by atoms with E-state index in [1.165, 1.54) is 23.9 Å². The van der Waals surface area contributed by atoms with Gasteiger partial charge in [-0.25, -0.2) is 9.02 Å². The second-order valence-corrected chi connectivity index (χ2v) is 6.83. The Morgan fingerprint density at radius 2 is 2.30 bits per heavy atom. The van der Waals surface area contributed by atoms with E-state index in [1.807, 2.05) is 5.48 Å². The summed E-state index contributed by atoms with van der Waals surface area (Å²) in [6.45, 7) is 0.163. The van der Waals surface area contributed by atoms with Crippen LogP contribution in [0.4, 0.5) is 4.39 Å². The van der Waals surface area contributed by atoms with Gasteiger partial charge in [0, 0.05) is 18.7 Å². The first-order valence-electron chi connectivity index (χ1n) is 8.22. The van der Waals surface area contributed by atoms with Gasteiger partial charge in [0.1, 0.15) is 5.82 Å². The molecular formula is C16H18FN5O4S. The van der Waals surface area contributed by atoms with Crippen molar-refractivity contribution >= 4 is 23.5 Å². The predicted octanol–water partition coefficient (Wildman–Crippen LogP) is 0.822. The monoisotopic (exact) mass is 395 g/mol. The summed E-state index contributed by atoms with van der Waals surface area (Å²) in [4.78, 5) is 15.7. The lowest BCUT2D eigenvalue weighted by molar-refractivity contribution is -0.121. The highest BCUT2D eigenvalue weighted by atomic mass is 32.2. The van der Waals surface area contributed by atoms with E-state index >= 15 is 0 Å². The maximum atomic E-state index is 13.4. The first kappa shape index (κ1) is 19.3. The van der Waals surface area contributed by atoms with E-state index in [2.05, 4.69) is 20.6 Å². The molecular weight excluding hydrogens is 377 g/mol. The molecule has 1 atom stereocenters. The number of hydroxylamine groups is 1. The molecule has 4 N–H and O–H groups in total. The quantitative estimate of drug-likeness (QED) is 0.170. The van der Waals surface area contributed by atoms with Gasteiger partial charge in [0.2, 0.25) is 5.91 Å². The van der Waals surface area contributed by atoms with Gasteiger partial charge in [-0.1, -0.05) is 17.8 Å². The van der Waals surface area contributed by atoms with Gasteiger partial charge in [0.15, 0.2) is 16.6 Å². The zero-order chi connectivity index (χ0) is 19.2. The number of aromatic nitrogens is 2. The van der Waals surface area contributed by atoms with Gasteiger partial charge < -0.3 is 10.4 Å². The van der Waals surface area contributed by atoms with E-state index in [1.54, 1.807) is 6.07 Å². The molecule has 9 nitrogen and oxygen atoms in total. The molecule has 1 aromatic heterocycles. The summed E-state index contributed by atoms with van der Waals surface area (Å²) in [6.07, 6.45) is 0.682. The van der Waals surface area contributed by atoms with Crippen LogP contribution in [-0.2, 0) is 11.2 Å². The fourth-order valence-electron chi connectivity index (χ4n) is 2.61. The van der Waals surface area contributed by atoms with E-state index in [-0.39, 0.29) is 42.3 Å². The highest BCUT2D eigenvalue weighted by Crippen LogP contribution is 2.37. The molecule has 1 amide bonds. The molecule has 1 heterocycles. The Hall–Kier alpha value is -2.50. The van der Waals surface area contributed by atoms with E-state index < -0.39 is 0 Å². The van der Waals surface area contributed by atoms with E-state index in [9.17, 15) is 14.4 Å². The van der Waals surface area contributed by atoms with Crippen LogP contribution in [0.3, 0.4) is 0 Å². The number of aliphatic hydroxyl groups is 1. The third-order valence-corrected chi connectivity index (χ3v) is 4.91. The van der Waals surface area contributed by atoms with Gasteiger partial charge in [-0.2, -0.15) is 0 Å². The van der Waals surface area contributed by atoms with Crippen molar-refractivity contribution < 1.29 is 24.1 Å². The second-order valence-electron chi connectivity index (χ2n) is 5.74. The number of hydrogen-bond acceptors (Lipinski definition) is 8. The Labute approximate surface area is 158 Å². The summed E-state index contributed by atoms with van der Waals surface area (Å²) in [5.74, 6) is -0.0290. The Balaban J connectivity index is 1.63. The lowest BCUT2D eigenvalue weighted by Gasteiger charge is -2.27. The number of amidine groups is 1. The van der Waals surface area contributed by atoms with Crippen molar-refractivity contribution in [3.63, 3.8) is 0 Å². The van der Waals surface area contributed by atoms with E-state index in [0.717, 1.165) is 11.1 Å². The summed E-state index contributed by atoms with van der Waals surface area (Å²) < 4.78 is 18.1. The number of benzene rings is 1. The van der Waals surface area contributed by atoms with Crippen molar-refractivity contribution in [1.82, 2.24) is 21.1 Å². The SMILES string of the molecule is O=C(CCO)NCCSc1nonc1C(=N[C@H]1Cc2ccc(F)cc21)NO. The maximum absolute atomic E-state index is 13.4. The van der Waals surface area contributed by atoms with Gasteiger partial charge in [-0.05, 0) is 40.0 Å². The molecule has 2 aromatic rings. The Morgan fingerprint density at radius 1 is 1.44 bits per heavy atom. The number of hydrogen-bond donors (Lipinski definition) is 4. The molecule has 0 fully saturated rings. The third-order valence-electron chi connectivity index (χ3n) is 3.96. The van der Waals surface area contributed by atoms with Crippen LogP contribution in [-0.4, -0.2) is 51.3 Å². The van der Waals surface area contributed by atoms with Gasteiger partial charge in [0.25, 0.3) is 0 Å². The van der Waals surface area contributed by atoms with Crippen LogP contribution in [0, 0.1) is 5.82 Å². The number of rotatable bonds is 8. The zero-order valence-corrected chi connectivity index (χ0v) is 15.0. The standard InChI is InChI=1S/C16H18FN5O4S/c17-10-2-1-9-7-12(11(9)8-10)19-15(20-25)14-16(22-26-21-14)27-6-4-18-13(24)3-5-23/h1-2,8,12,23,25H,3-7H2,(H,18,24)(H,19,20)/t12-/m0/s1. The topological polar surface area (TPSA) is 133 Å². The molecule has 0 bridgehead atoms. The number of aliphatic imine (C=N–C) groups is 1. The minimum Gasteiger partial charge on any atom is -0.396 e. The molecule has 0 saturated heterocycles. The number of thioether (sulfide) groups is 1. The van der Waals surface area contributed by atoms with Crippen molar-refractivity contribution in [3.05, 3.63) is 40.8 Å². The minimum atomic E-state index is -0.338. The van der Waals surface area contributed by atoms with Crippen LogP contribution < -0.4 is 10.8 Å². The fourth-order valence-corrected chi connectivity index (χ4v) is 3.37. The predicted molar refractivity (Wildman–Crippen MR) is 94.0 cm³/mol. The molecule has 1 aromatic carbocycles. The number of halogens is 1. The van der Waals surface area contributed by atoms with Gasteiger partial charge >= 0.3 is 0 Å². The van der Waals surface area contributed by atoms with Crippen molar-refractivity contribution in [3.8, 4) is 0 Å². The van der Waals surface area contributed by atoms with Crippen LogP contribution in [0.15, 0.2) is 32.8 Å². The number of aliphatic hydroxyl groups excluding tert-OH is 1. The molecule has 144 valence electrons. The summed E-state index contributed by atoms with van der Waals surface area (Å²) in [5.41, 5.74) is 4.00. The van der Waals surface area contributed by atoms with E-state index in [0.29, 0.717) is 23.7 Å². The van der Waals surface area contributed by atoms with Crippen LogP contribution in [0.5, 0.6) is 0 Å². The number of carbonyl (C=O) groups excluding carboxylic acids is 1. The average Bonchev–Trinajstić information content (AvgIpc) is 3.10. The van der Waals surface area contributed by atoms with Gasteiger partial charge in [-0.3, -0.25) is 20.5 Å². The lowest BCUT2D eigenvalue weighted by Crippen LogP contribution is -2.27. The largest absolute Gasteiger partial charge is 0.396 e. The highest BCUT2D eigenvalue weighted by molar-refractivity contribution is 7.99. The van der Waals surface area contributed by atoms with Crippen LogP contribution in [0.25, 0.3) is 0 Å². The first-order chi connectivity index (χ1) is 13.1.